The standard InChI is InChI=1S/C15H15BrN4/c1-9-14(17)15(20(2)19-9)18-13-8-7-12(16)10-5-3-4-6-11(10)13/h3-8,18H,17H2,1-2H3. The maximum absolute atomic E-state index is 6.07. The molecule has 3 N–H and O–H groups in total. The van der Waals surface area contributed by atoms with Gasteiger partial charge in [-0.3, -0.25) is 4.68 Å². The number of benzene rings is 2. The van der Waals surface area contributed by atoms with Gasteiger partial charge in [0.2, 0.25) is 0 Å². The largest absolute Gasteiger partial charge is 0.394 e. The Bertz CT molecular complexity index is 792. The highest BCUT2D eigenvalue weighted by Crippen LogP contribution is 2.33. The van der Waals surface area contributed by atoms with Crippen LogP contribution in [-0.2, 0) is 7.05 Å². The zero-order chi connectivity index (χ0) is 14.3. The minimum Gasteiger partial charge on any atom is -0.394 e. The number of hydrogen-bond donors (Lipinski definition) is 2. The van der Waals surface area contributed by atoms with Gasteiger partial charge in [-0.15, -0.1) is 0 Å². The first-order valence-electron chi connectivity index (χ1n) is 6.31. The lowest BCUT2D eigenvalue weighted by Crippen LogP contribution is -2.01. The molecule has 5 heteroatoms. The second-order valence-electron chi connectivity index (χ2n) is 4.74. The fourth-order valence-electron chi connectivity index (χ4n) is 2.32. The van der Waals surface area contributed by atoms with Crippen LogP contribution >= 0.6 is 15.9 Å². The molecular weight excluding hydrogens is 316 g/mol. The van der Waals surface area contributed by atoms with Gasteiger partial charge in [0.1, 0.15) is 0 Å². The molecule has 3 aromatic rings. The molecule has 0 aliphatic carbocycles. The van der Waals surface area contributed by atoms with E-state index in [-0.39, 0.29) is 0 Å². The first-order valence-corrected chi connectivity index (χ1v) is 7.10. The molecule has 0 atom stereocenters. The number of nitrogens with one attached hydrogen (secondary N) is 1. The van der Waals surface area contributed by atoms with E-state index in [1.54, 1.807) is 4.68 Å². The monoisotopic (exact) mass is 330 g/mol. The van der Waals surface area contributed by atoms with Gasteiger partial charge < -0.3 is 11.1 Å². The van der Waals surface area contributed by atoms with Crippen LogP contribution in [0.2, 0.25) is 0 Å². The number of hydrogen-bond acceptors (Lipinski definition) is 3. The van der Waals surface area contributed by atoms with Gasteiger partial charge in [0.15, 0.2) is 5.82 Å². The molecule has 1 aromatic heterocycles. The van der Waals surface area contributed by atoms with Gasteiger partial charge in [0, 0.05) is 22.6 Å². The number of halogens is 1. The molecule has 0 aliphatic heterocycles. The molecule has 0 saturated heterocycles. The lowest BCUT2D eigenvalue weighted by Gasteiger charge is -2.11. The first-order chi connectivity index (χ1) is 9.58. The normalized spacial score (nSPS) is 10.9. The molecular formula is C15H15BrN4. The summed E-state index contributed by atoms with van der Waals surface area (Å²) >= 11 is 3.58. The Balaban J connectivity index is 2.14. The van der Waals surface area contributed by atoms with Crippen molar-refractivity contribution in [2.24, 2.45) is 7.05 Å². The van der Waals surface area contributed by atoms with Gasteiger partial charge in [-0.1, -0.05) is 40.2 Å². The number of anilines is 3. The molecule has 0 unspecified atom stereocenters. The third-order valence-corrected chi connectivity index (χ3v) is 4.08. The minimum absolute atomic E-state index is 0.680. The number of nitrogens with two attached hydrogens (primary N) is 1. The Morgan fingerprint density at radius 2 is 1.85 bits per heavy atom. The molecule has 102 valence electrons. The average Bonchev–Trinajstić information content (AvgIpc) is 2.68. The molecule has 0 amide bonds. The van der Waals surface area contributed by atoms with Crippen molar-refractivity contribution in [2.45, 2.75) is 6.92 Å². The second kappa shape index (κ2) is 4.83. The van der Waals surface area contributed by atoms with Gasteiger partial charge in [0.05, 0.1) is 11.4 Å². The van der Waals surface area contributed by atoms with Gasteiger partial charge >= 0.3 is 0 Å². The third-order valence-electron chi connectivity index (χ3n) is 3.39. The van der Waals surface area contributed by atoms with Gasteiger partial charge in [-0.05, 0) is 24.4 Å². The van der Waals surface area contributed by atoms with Crippen molar-refractivity contribution in [2.75, 3.05) is 11.1 Å². The summed E-state index contributed by atoms with van der Waals surface area (Å²) in [7, 11) is 1.88. The van der Waals surface area contributed by atoms with Crippen molar-refractivity contribution in [3.05, 3.63) is 46.6 Å². The van der Waals surface area contributed by atoms with Crippen molar-refractivity contribution < 1.29 is 0 Å². The average molecular weight is 331 g/mol. The highest BCUT2D eigenvalue weighted by atomic mass is 79.9. The Morgan fingerprint density at radius 1 is 1.15 bits per heavy atom. The fraction of sp³-hybridized carbons (Fsp3) is 0.133. The maximum Gasteiger partial charge on any atom is 0.152 e. The van der Waals surface area contributed by atoms with Crippen LogP contribution < -0.4 is 11.1 Å². The summed E-state index contributed by atoms with van der Waals surface area (Å²) < 4.78 is 2.84. The zero-order valence-electron chi connectivity index (χ0n) is 11.3. The zero-order valence-corrected chi connectivity index (χ0v) is 12.9. The van der Waals surface area contributed by atoms with Crippen molar-refractivity contribution >= 4 is 43.9 Å². The number of aromatic nitrogens is 2. The Morgan fingerprint density at radius 3 is 2.50 bits per heavy atom. The van der Waals surface area contributed by atoms with E-state index in [1.807, 2.05) is 38.2 Å². The third kappa shape index (κ3) is 2.04. The highest BCUT2D eigenvalue weighted by Gasteiger charge is 2.12. The van der Waals surface area contributed by atoms with Crippen LogP contribution in [0.15, 0.2) is 40.9 Å². The summed E-state index contributed by atoms with van der Waals surface area (Å²) in [5, 5.41) is 10.0. The predicted octanol–water partition coefficient (Wildman–Crippen LogP) is 3.97. The van der Waals surface area contributed by atoms with Crippen LogP contribution in [-0.4, -0.2) is 9.78 Å². The van der Waals surface area contributed by atoms with E-state index < -0.39 is 0 Å². The number of aryl methyl sites for hydroxylation is 2. The van der Waals surface area contributed by atoms with E-state index in [0.29, 0.717) is 5.69 Å². The van der Waals surface area contributed by atoms with Crippen molar-refractivity contribution in [1.82, 2.24) is 9.78 Å². The number of rotatable bonds is 2. The van der Waals surface area contributed by atoms with Crippen LogP contribution in [0, 0.1) is 6.92 Å². The van der Waals surface area contributed by atoms with Crippen molar-refractivity contribution in [3.8, 4) is 0 Å². The SMILES string of the molecule is Cc1nn(C)c(Nc2ccc(Br)c3ccccc23)c1N. The quantitative estimate of drug-likeness (QED) is 0.747. The molecule has 0 fully saturated rings. The van der Waals surface area contributed by atoms with Crippen LogP contribution in [0.4, 0.5) is 17.2 Å². The molecule has 2 aromatic carbocycles. The van der Waals surface area contributed by atoms with Gasteiger partial charge in [-0.2, -0.15) is 5.10 Å². The molecule has 0 radical (unpaired) electrons. The molecule has 3 rings (SSSR count). The molecule has 0 spiro atoms. The number of nitrogens with zero attached hydrogens (tertiary/aromatic N) is 2. The predicted molar refractivity (Wildman–Crippen MR) is 87.3 cm³/mol. The number of fused-ring (bicyclic) bond motifs is 1. The lowest BCUT2D eigenvalue weighted by atomic mass is 10.1. The van der Waals surface area contributed by atoms with E-state index in [9.17, 15) is 0 Å². The Hall–Kier alpha value is -2.01. The molecule has 1 heterocycles. The van der Waals surface area contributed by atoms with Crippen LogP contribution in [0.5, 0.6) is 0 Å². The summed E-state index contributed by atoms with van der Waals surface area (Å²) in [6.07, 6.45) is 0. The van der Waals surface area contributed by atoms with Crippen LogP contribution in [0.1, 0.15) is 5.69 Å². The van der Waals surface area contributed by atoms with Crippen LogP contribution in [0.3, 0.4) is 0 Å². The summed E-state index contributed by atoms with van der Waals surface area (Å²) in [5.74, 6) is 0.815. The van der Waals surface area contributed by atoms with Crippen LogP contribution in [0.25, 0.3) is 10.8 Å². The Kier molecular flexibility index (Phi) is 3.14. The summed E-state index contributed by atoms with van der Waals surface area (Å²) in [4.78, 5) is 0. The van der Waals surface area contributed by atoms with Crippen molar-refractivity contribution in [3.63, 3.8) is 0 Å². The van der Waals surface area contributed by atoms with Crippen molar-refractivity contribution in [1.29, 1.82) is 0 Å². The van der Waals surface area contributed by atoms with E-state index >= 15 is 0 Å². The second-order valence-corrected chi connectivity index (χ2v) is 5.59. The molecule has 0 bridgehead atoms. The summed E-state index contributed by atoms with van der Waals surface area (Å²) in [6, 6.07) is 12.3. The fourth-order valence-corrected chi connectivity index (χ4v) is 2.80. The van der Waals surface area contributed by atoms with Gasteiger partial charge in [0.25, 0.3) is 0 Å². The molecule has 0 aliphatic rings. The molecule has 0 saturated carbocycles. The van der Waals surface area contributed by atoms with E-state index in [0.717, 1.165) is 32.4 Å². The first kappa shape index (κ1) is 13.0. The Labute approximate surface area is 125 Å². The smallest absolute Gasteiger partial charge is 0.152 e. The summed E-state index contributed by atoms with van der Waals surface area (Å²) in [5.41, 5.74) is 8.59. The lowest BCUT2D eigenvalue weighted by molar-refractivity contribution is 0.765. The van der Waals surface area contributed by atoms with E-state index in [2.05, 4.69) is 38.5 Å². The topological polar surface area (TPSA) is 55.9 Å². The molecule has 20 heavy (non-hydrogen) atoms. The summed E-state index contributed by atoms with van der Waals surface area (Å²) in [6.45, 7) is 1.90. The highest BCUT2D eigenvalue weighted by molar-refractivity contribution is 9.10. The van der Waals surface area contributed by atoms with E-state index in [4.69, 9.17) is 5.73 Å². The number of nitrogen functional groups attached to an aromatic ring is 1. The maximum atomic E-state index is 6.07. The van der Waals surface area contributed by atoms with Gasteiger partial charge in [-0.25, -0.2) is 0 Å². The minimum atomic E-state index is 0.680. The molecule has 4 nitrogen and oxygen atoms in total. The van der Waals surface area contributed by atoms with E-state index in [1.165, 1.54) is 0 Å².